The summed E-state index contributed by atoms with van der Waals surface area (Å²) in [4.78, 5) is 13.7. The second-order valence-electron chi connectivity index (χ2n) is 4.08. The standard InChI is InChI=1S/C11H21NO3/c1-3-9(8-13)11(14)12(2)10-4-6-15-7-5-10/h9-10,13H,3-8H2,1-2H3. The van der Waals surface area contributed by atoms with Gasteiger partial charge in [0.25, 0.3) is 0 Å². The van der Waals surface area contributed by atoms with Gasteiger partial charge in [0.1, 0.15) is 0 Å². The molecule has 1 saturated heterocycles. The molecular weight excluding hydrogens is 194 g/mol. The van der Waals surface area contributed by atoms with Crippen LogP contribution < -0.4 is 0 Å². The number of carbonyl (C=O) groups is 1. The lowest BCUT2D eigenvalue weighted by Crippen LogP contribution is -2.44. The van der Waals surface area contributed by atoms with Gasteiger partial charge >= 0.3 is 0 Å². The zero-order chi connectivity index (χ0) is 11.3. The summed E-state index contributed by atoms with van der Waals surface area (Å²) in [6, 6.07) is 0.284. The van der Waals surface area contributed by atoms with Crippen LogP contribution in [0.3, 0.4) is 0 Å². The molecule has 0 spiro atoms. The fourth-order valence-corrected chi connectivity index (χ4v) is 1.92. The van der Waals surface area contributed by atoms with Crippen molar-refractivity contribution < 1.29 is 14.6 Å². The molecule has 0 radical (unpaired) electrons. The Balaban J connectivity index is 2.49. The highest BCUT2D eigenvalue weighted by atomic mass is 16.5. The van der Waals surface area contributed by atoms with Crippen molar-refractivity contribution in [1.82, 2.24) is 4.90 Å². The molecule has 0 saturated carbocycles. The summed E-state index contributed by atoms with van der Waals surface area (Å²) < 4.78 is 5.26. The molecule has 4 nitrogen and oxygen atoms in total. The number of nitrogens with zero attached hydrogens (tertiary/aromatic N) is 1. The number of aliphatic hydroxyl groups is 1. The van der Waals surface area contributed by atoms with E-state index >= 15 is 0 Å². The first-order valence-electron chi connectivity index (χ1n) is 5.66. The molecule has 15 heavy (non-hydrogen) atoms. The summed E-state index contributed by atoms with van der Waals surface area (Å²) >= 11 is 0. The summed E-state index contributed by atoms with van der Waals surface area (Å²) in [5.74, 6) is -0.176. The van der Waals surface area contributed by atoms with E-state index in [4.69, 9.17) is 9.84 Å². The molecule has 0 aromatic carbocycles. The topological polar surface area (TPSA) is 49.8 Å². The van der Waals surface area contributed by atoms with E-state index in [0.717, 1.165) is 26.1 Å². The zero-order valence-corrected chi connectivity index (χ0v) is 9.61. The first-order valence-corrected chi connectivity index (χ1v) is 5.66. The van der Waals surface area contributed by atoms with Crippen molar-refractivity contribution in [3.8, 4) is 0 Å². The molecule has 0 aliphatic carbocycles. The van der Waals surface area contributed by atoms with Gasteiger partial charge in [-0.2, -0.15) is 0 Å². The van der Waals surface area contributed by atoms with Crippen molar-refractivity contribution in [3.05, 3.63) is 0 Å². The van der Waals surface area contributed by atoms with E-state index in [9.17, 15) is 4.79 Å². The maximum absolute atomic E-state index is 11.9. The van der Waals surface area contributed by atoms with Crippen molar-refractivity contribution in [1.29, 1.82) is 0 Å². The highest BCUT2D eigenvalue weighted by molar-refractivity contribution is 5.79. The Morgan fingerprint density at radius 1 is 1.53 bits per heavy atom. The van der Waals surface area contributed by atoms with E-state index in [2.05, 4.69) is 0 Å². The maximum atomic E-state index is 11.9. The lowest BCUT2D eigenvalue weighted by molar-refractivity contribution is -0.139. The van der Waals surface area contributed by atoms with Crippen LogP contribution in [0.1, 0.15) is 26.2 Å². The first kappa shape index (κ1) is 12.5. The van der Waals surface area contributed by atoms with E-state index in [1.54, 1.807) is 4.90 Å². The molecule has 0 aromatic heterocycles. The van der Waals surface area contributed by atoms with Gasteiger partial charge in [0.15, 0.2) is 0 Å². The molecule has 1 heterocycles. The van der Waals surface area contributed by atoms with Crippen LogP contribution in [0.2, 0.25) is 0 Å². The van der Waals surface area contributed by atoms with Gasteiger partial charge in [0, 0.05) is 26.3 Å². The SMILES string of the molecule is CCC(CO)C(=O)N(C)C1CCOCC1. The molecule has 1 unspecified atom stereocenters. The maximum Gasteiger partial charge on any atom is 0.227 e. The van der Waals surface area contributed by atoms with E-state index in [1.807, 2.05) is 14.0 Å². The van der Waals surface area contributed by atoms with Crippen LogP contribution in [0.25, 0.3) is 0 Å². The van der Waals surface area contributed by atoms with Crippen LogP contribution >= 0.6 is 0 Å². The largest absolute Gasteiger partial charge is 0.396 e. The molecule has 1 amide bonds. The molecule has 88 valence electrons. The monoisotopic (exact) mass is 215 g/mol. The number of hydrogen-bond donors (Lipinski definition) is 1. The first-order chi connectivity index (χ1) is 7.20. The summed E-state index contributed by atoms with van der Waals surface area (Å²) in [5, 5.41) is 9.07. The normalized spacial score (nSPS) is 19.9. The van der Waals surface area contributed by atoms with Gasteiger partial charge in [-0.25, -0.2) is 0 Å². The fraction of sp³-hybridized carbons (Fsp3) is 0.909. The van der Waals surface area contributed by atoms with Crippen molar-refractivity contribution in [2.24, 2.45) is 5.92 Å². The Bertz CT molecular complexity index is 198. The quantitative estimate of drug-likeness (QED) is 0.749. The number of hydrogen-bond acceptors (Lipinski definition) is 3. The summed E-state index contributed by atoms with van der Waals surface area (Å²) in [6.45, 7) is 3.34. The number of aliphatic hydroxyl groups excluding tert-OH is 1. The number of rotatable bonds is 4. The van der Waals surface area contributed by atoms with E-state index in [0.29, 0.717) is 6.42 Å². The van der Waals surface area contributed by atoms with E-state index in [1.165, 1.54) is 0 Å². The van der Waals surface area contributed by atoms with Gasteiger partial charge < -0.3 is 14.7 Å². The molecule has 1 aliphatic heterocycles. The molecule has 4 heteroatoms. The molecule has 1 atom stereocenters. The predicted molar refractivity (Wildman–Crippen MR) is 57.5 cm³/mol. The number of amides is 1. The molecule has 1 N–H and O–H groups in total. The van der Waals surface area contributed by atoms with E-state index in [-0.39, 0.29) is 24.5 Å². The number of ether oxygens (including phenoxy) is 1. The lowest BCUT2D eigenvalue weighted by atomic mass is 10.0. The molecular formula is C11H21NO3. The number of carbonyl (C=O) groups excluding carboxylic acids is 1. The fourth-order valence-electron chi connectivity index (χ4n) is 1.92. The third kappa shape index (κ3) is 3.18. The van der Waals surface area contributed by atoms with Crippen LogP contribution in [0.4, 0.5) is 0 Å². The zero-order valence-electron chi connectivity index (χ0n) is 9.61. The van der Waals surface area contributed by atoms with Crippen molar-refractivity contribution in [3.63, 3.8) is 0 Å². The summed E-state index contributed by atoms with van der Waals surface area (Å²) in [5.41, 5.74) is 0. The Morgan fingerprint density at radius 2 is 2.13 bits per heavy atom. The van der Waals surface area contributed by atoms with Gasteiger partial charge in [0.2, 0.25) is 5.91 Å². The van der Waals surface area contributed by atoms with Gasteiger partial charge in [0.05, 0.1) is 12.5 Å². The second kappa shape index (κ2) is 6.08. The average molecular weight is 215 g/mol. The van der Waals surface area contributed by atoms with Crippen LogP contribution in [0, 0.1) is 5.92 Å². The summed E-state index contributed by atoms with van der Waals surface area (Å²) in [6.07, 6.45) is 2.51. The molecule has 1 aliphatic rings. The van der Waals surface area contributed by atoms with Gasteiger partial charge in [-0.3, -0.25) is 4.79 Å². The highest BCUT2D eigenvalue weighted by Crippen LogP contribution is 2.16. The average Bonchev–Trinajstić information content (AvgIpc) is 2.30. The Morgan fingerprint density at radius 3 is 2.60 bits per heavy atom. The minimum atomic E-state index is -0.238. The van der Waals surface area contributed by atoms with Crippen LogP contribution in [-0.4, -0.2) is 48.8 Å². The van der Waals surface area contributed by atoms with Crippen molar-refractivity contribution in [2.75, 3.05) is 26.9 Å². The smallest absolute Gasteiger partial charge is 0.227 e. The van der Waals surface area contributed by atoms with E-state index < -0.39 is 0 Å². The molecule has 1 rings (SSSR count). The minimum absolute atomic E-state index is 0.0527. The van der Waals surface area contributed by atoms with Crippen molar-refractivity contribution >= 4 is 5.91 Å². The van der Waals surface area contributed by atoms with Gasteiger partial charge in [-0.05, 0) is 19.3 Å². The van der Waals surface area contributed by atoms with Crippen LogP contribution in [0.15, 0.2) is 0 Å². The summed E-state index contributed by atoms with van der Waals surface area (Å²) in [7, 11) is 1.83. The third-order valence-electron chi connectivity index (χ3n) is 3.15. The Labute approximate surface area is 91.2 Å². The Kier molecular flexibility index (Phi) is 5.05. The van der Waals surface area contributed by atoms with Gasteiger partial charge in [-0.15, -0.1) is 0 Å². The highest BCUT2D eigenvalue weighted by Gasteiger charge is 2.26. The molecule has 0 aromatic rings. The van der Waals surface area contributed by atoms with Crippen LogP contribution in [-0.2, 0) is 9.53 Å². The Hall–Kier alpha value is -0.610. The minimum Gasteiger partial charge on any atom is -0.396 e. The third-order valence-corrected chi connectivity index (χ3v) is 3.15. The molecule has 0 bridgehead atoms. The predicted octanol–water partition coefficient (Wildman–Crippen LogP) is 0.642. The van der Waals surface area contributed by atoms with Crippen molar-refractivity contribution in [2.45, 2.75) is 32.2 Å². The lowest BCUT2D eigenvalue weighted by Gasteiger charge is -2.33. The van der Waals surface area contributed by atoms with Gasteiger partial charge in [-0.1, -0.05) is 6.92 Å². The van der Waals surface area contributed by atoms with Crippen LogP contribution in [0.5, 0.6) is 0 Å². The molecule has 1 fully saturated rings. The second-order valence-corrected chi connectivity index (χ2v) is 4.08.